The Bertz CT molecular complexity index is 664. The topological polar surface area (TPSA) is 29.5 Å². The molecule has 0 aliphatic carbocycles. The summed E-state index contributed by atoms with van der Waals surface area (Å²) in [7, 11) is 4.20. The zero-order valence-corrected chi connectivity index (χ0v) is 18.5. The van der Waals surface area contributed by atoms with Gasteiger partial charge in [0.2, 0.25) is 0 Å². The molecule has 0 N–H and O–H groups in total. The number of hydrogen-bond donors (Lipinski definition) is 0. The lowest BCUT2D eigenvalue weighted by atomic mass is 9.66. The van der Waals surface area contributed by atoms with Crippen LogP contribution in [0, 0.1) is 0 Å². The van der Waals surface area contributed by atoms with Gasteiger partial charge in [-0.3, -0.25) is 4.79 Å². The van der Waals surface area contributed by atoms with Gasteiger partial charge in [0.25, 0.3) is 0 Å². The molecule has 0 aliphatic rings. The quantitative estimate of drug-likeness (QED) is 0.520. The molecule has 3 nitrogen and oxygen atoms in total. The van der Waals surface area contributed by atoms with Crippen molar-refractivity contribution in [3.8, 4) is 0 Å². The first-order chi connectivity index (χ1) is 13.0. The maximum atomic E-state index is 12.3. The molecule has 0 heterocycles. The maximum Gasteiger partial charge on any atom is 0.305 e. The molecule has 4 heteroatoms. The van der Waals surface area contributed by atoms with Gasteiger partial charge in [-0.05, 0) is 45.0 Å². The van der Waals surface area contributed by atoms with Crippen molar-refractivity contribution in [2.24, 2.45) is 0 Å². The Balaban J connectivity index is 0.00000392. The second-order valence-corrected chi connectivity index (χ2v) is 7.46. The highest BCUT2D eigenvalue weighted by atomic mass is 35.5. The zero-order valence-electron chi connectivity index (χ0n) is 17.7. The Kier molecular flexibility index (Phi) is 9.71. The van der Waals surface area contributed by atoms with Crippen LogP contribution >= 0.6 is 12.4 Å². The Labute approximate surface area is 176 Å². The number of nitrogens with zero attached hydrogens (tertiary/aromatic N) is 1. The van der Waals surface area contributed by atoms with E-state index in [4.69, 9.17) is 4.74 Å². The van der Waals surface area contributed by atoms with Crippen LogP contribution in [0.4, 0.5) is 0 Å². The molecule has 0 saturated carbocycles. The number of ether oxygens (including phenoxy) is 1. The molecule has 0 radical (unpaired) electrons. The molecule has 0 saturated heterocycles. The van der Waals surface area contributed by atoms with Gasteiger partial charge in [0.05, 0.1) is 5.41 Å². The molecule has 0 bridgehead atoms. The van der Waals surface area contributed by atoms with E-state index in [1.165, 1.54) is 11.1 Å². The first-order valence-corrected chi connectivity index (χ1v) is 9.92. The predicted molar refractivity (Wildman–Crippen MR) is 119 cm³/mol. The summed E-state index contributed by atoms with van der Waals surface area (Å²) in [6.07, 6.45) is 1.79. The molecule has 154 valence electrons. The van der Waals surface area contributed by atoms with E-state index in [1.54, 1.807) is 0 Å². The lowest BCUT2D eigenvalue weighted by molar-refractivity contribution is -0.152. The fraction of sp³-hybridized carbons (Fsp3) is 0.458. The minimum atomic E-state index is -0.397. The highest BCUT2D eigenvalue weighted by Gasteiger charge is 2.44. The summed E-state index contributed by atoms with van der Waals surface area (Å²) in [6.45, 7) is 6.19. The standard InChI is InChI=1S/C24H33NO2.ClH/c1-6-22(27-23(26)7-2)24(18-19(3)25(4)5,20-14-10-8-11-15-20)21-16-12-9-13-17-21;/h8-17,19,22H,6-7,18H2,1-5H3;1H. The van der Waals surface area contributed by atoms with Crippen LogP contribution in [0.2, 0.25) is 0 Å². The van der Waals surface area contributed by atoms with Crippen molar-refractivity contribution >= 4 is 18.4 Å². The van der Waals surface area contributed by atoms with Gasteiger partial charge in [-0.1, -0.05) is 74.5 Å². The van der Waals surface area contributed by atoms with Crippen molar-refractivity contribution < 1.29 is 9.53 Å². The van der Waals surface area contributed by atoms with Crippen molar-refractivity contribution in [1.82, 2.24) is 4.90 Å². The fourth-order valence-corrected chi connectivity index (χ4v) is 3.80. The summed E-state index contributed by atoms with van der Waals surface area (Å²) in [4.78, 5) is 14.5. The lowest BCUT2D eigenvalue weighted by Gasteiger charge is -2.43. The van der Waals surface area contributed by atoms with E-state index >= 15 is 0 Å². The number of esters is 1. The van der Waals surface area contributed by atoms with E-state index in [1.807, 2.05) is 19.1 Å². The maximum absolute atomic E-state index is 12.3. The van der Waals surface area contributed by atoms with Crippen LogP contribution in [-0.2, 0) is 14.9 Å². The third kappa shape index (κ3) is 5.36. The van der Waals surface area contributed by atoms with Gasteiger partial charge in [-0.25, -0.2) is 0 Å². The molecule has 0 amide bonds. The Morgan fingerprint density at radius 3 is 1.79 bits per heavy atom. The fourth-order valence-electron chi connectivity index (χ4n) is 3.80. The van der Waals surface area contributed by atoms with Gasteiger partial charge in [0, 0.05) is 12.5 Å². The van der Waals surface area contributed by atoms with Crippen molar-refractivity contribution in [2.75, 3.05) is 14.1 Å². The van der Waals surface area contributed by atoms with Crippen LogP contribution < -0.4 is 0 Å². The van der Waals surface area contributed by atoms with Crippen molar-refractivity contribution in [3.63, 3.8) is 0 Å². The molecule has 2 unspecified atom stereocenters. The minimum absolute atomic E-state index is 0. The monoisotopic (exact) mass is 403 g/mol. The van der Waals surface area contributed by atoms with Gasteiger partial charge < -0.3 is 9.64 Å². The number of halogens is 1. The number of carbonyl (C=O) groups excluding carboxylic acids is 1. The van der Waals surface area contributed by atoms with Crippen LogP contribution in [0.15, 0.2) is 60.7 Å². The molecule has 2 aromatic carbocycles. The molecule has 2 rings (SSSR count). The summed E-state index contributed by atoms with van der Waals surface area (Å²) < 4.78 is 6.05. The van der Waals surface area contributed by atoms with E-state index in [-0.39, 0.29) is 24.5 Å². The third-order valence-electron chi connectivity index (χ3n) is 5.56. The molecule has 0 aliphatic heterocycles. The van der Waals surface area contributed by atoms with Crippen LogP contribution in [0.5, 0.6) is 0 Å². The second kappa shape index (κ2) is 11.2. The third-order valence-corrected chi connectivity index (χ3v) is 5.56. The van der Waals surface area contributed by atoms with E-state index in [2.05, 4.69) is 81.4 Å². The first kappa shape index (κ1) is 24.2. The van der Waals surface area contributed by atoms with Crippen LogP contribution in [0.3, 0.4) is 0 Å². The Morgan fingerprint density at radius 2 is 1.43 bits per heavy atom. The SMILES string of the molecule is CCC(=O)OC(CC)C(CC(C)N(C)C)(c1ccccc1)c1ccccc1.Cl. The van der Waals surface area contributed by atoms with Crippen molar-refractivity contribution in [1.29, 1.82) is 0 Å². The summed E-state index contributed by atoms with van der Waals surface area (Å²) in [5.41, 5.74) is 1.99. The van der Waals surface area contributed by atoms with Crippen LogP contribution in [0.25, 0.3) is 0 Å². The highest BCUT2D eigenvalue weighted by Crippen LogP contribution is 2.43. The van der Waals surface area contributed by atoms with Gasteiger partial charge in [0.1, 0.15) is 6.10 Å². The highest BCUT2D eigenvalue weighted by molar-refractivity contribution is 5.85. The largest absolute Gasteiger partial charge is 0.461 e. The van der Waals surface area contributed by atoms with Crippen LogP contribution in [-0.4, -0.2) is 37.1 Å². The Hall–Kier alpha value is -1.84. The molecule has 2 aromatic rings. The minimum Gasteiger partial charge on any atom is -0.461 e. The van der Waals surface area contributed by atoms with E-state index < -0.39 is 5.41 Å². The summed E-state index contributed by atoms with van der Waals surface area (Å²) >= 11 is 0. The lowest BCUT2D eigenvalue weighted by Crippen LogP contribution is -2.47. The average Bonchev–Trinajstić information content (AvgIpc) is 2.71. The number of benzene rings is 2. The van der Waals surface area contributed by atoms with E-state index in [9.17, 15) is 4.79 Å². The van der Waals surface area contributed by atoms with Gasteiger partial charge in [-0.15, -0.1) is 12.4 Å². The van der Waals surface area contributed by atoms with Gasteiger partial charge >= 0.3 is 5.97 Å². The van der Waals surface area contributed by atoms with Crippen molar-refractivity contribution in [2.45, 2.75) is 57.6 Å². The first-order valence-electron chi connectivity index (χ1n) is 9.92. The number of rotatable bonds is 9. The predicted octanol–water partition coefficient (Wildman–Crippen LogP) is 5.47. The molecule has 28 heavy (non-hydrogen) atoms. The number of carbonyl (C=O) groups is 1. The van der Waals surface area contributed by atoms with E-state index in [0.717, 1.165) is 12.8 Å². The smallest absolute Gasteiger partial charge is 0.305 e. The molecule has 0 fully saturated rings. The Morgan fingerprint density at radius 1 is 0.964 bits per heavy atom. The summed E-state index contributed by atoms with van der Waals surface area (Å²) in [5.74, 6) is -0.143. The summed E-state index contributed by atoms with van der Waals surface area (Å²) in [6, 6.07) is 21.3. The van der Waals surface area contributed by atoms with E-state index in [0.29, 0.717) is 12.5 Å². The van der Waals surface area contributed by atoms with Gasteiger partial charge in [-0.2, -0.15) is 0 Å². The van der Waals surface area contributed by atoms with Crippen molar-refractivity contribution in [3.05, 3.63) is 71.8 Å². The average molecular weight is 404 g/mol. The molecular weight excluding hydrogens is 370 g/mol. The summed E-state index contributed by atoms with van der Waals surface area (Å²) in [5, 5.41) is 0. The molecule has 0 aromatic heterocycles. The van der Waals surface area contributed by atoms with Crippen LogP contribution in [0.1, 0.15) is 51.2 Å². The number of hydrogen-bond acceptors (Lipinski definition) is 3. The molecular formula is C24H34ClNO2. The zero-order chi connectivity index (χ0) is 19.9. The normalized spacial score (nSPS) is 13.5. The molecule has 2 atom stereocenters. The molecule has 0 spiro atoms. The van der Waals surface area contributed by atoms with Gasteiger partial charge in [0.15, 0.2) is 0 Å². The second-order valence-electron chi connectivity index (χ2n) is 7.46.